The first-order valence-corrected chi connectivity index (χ1v) is 51.0. The molecule has 16 fully saturated rings. The second-order valence-corrected chi connectivity index (χ2v) is 49.6. The van der Waals surface area contributed by atoms with E-state index in [0.717, 1.165) is 172 Å². The largest absolute Gasteiger partial charge is 0.390 e. The Hall–Kier alpha value is -4.67. The van der Waals surface area contributed by atoms with Gasteiger partial charge in [-0.25, -0.2) is 4.39 Å². The Morgan fingerprint density at radius 1 is 0.293 bits per heavy atom. The minimum atomic E-state index is -0.467. The number of fused-ring (bicyclic) bond motifs is 20. The Morgan fingerprint density at radius 3 is 1.04 bits per heavy atom. The second-order valence-electron chi connectivity index (χ2n) is 49.6. The third-order valence-corrected chi connectivity index (χ3v) is 42.6. The summed E-state index contributed by atoms with van der Waals surface area (Å²) in [5.74, 6) is 14.1. The zero-order valence-corrected chi connectivity index (χ0v) is 79.6. The lowest BCUT2D eigenvalue weighted by Crippen LogP contribution is -2.55. The zero-order valence-electron chi connectivity index (χ0n) is 79.6. The van der Waals surface area contributed by atoms with Crippen LogP contribution in [0.4, 0.5) is 4.39 Å². The monoisotopic (exact) mass is 1680 g/mol. The molecule has 674 valence electrons. The molecule has 9 heteroatoms. The standard InChI is InChI=1S/3C29H42O2.C27H37FO2/c1-18-14-19(2)16-20(15-18)26(30)25-9-8-23-22-7-6-21-17-27(3,31)12-13-28(21,4)24(22)10-11-29(23,25)5;1-18-6-7-20(16-19(18)2)26(30)25-11-10-23-22-9-8-21-17-27(3,31)14-15-28(21,4)24(22)12-13-29(23,25)5;1-5-19-6-8-20(9-7-19)26(30)25-13-12-23-22-11-10-21-18-27(2,31)16-17-28(21,3)24(22)14-15-29(23,25)4;1-16-12-18(14-19(28)13-16)25(29)24-7-6-23-22-5-4-17-15-26(2,30)10-8-20(17)21(22)9-11-27(23,24)3/h14-16,21-25,31H,6-13,17H2,1-5H3;6-7,16,21-25,31H,8-15,17H2,1-5H3;6-9,21-25,31H,5,10-18H2,1-4H3;12-14,17,20-24,30H,4-11,15H2,1-3H3/t21-,22-,23-,24-,25+,27+,28-,29-;21-,22+,23+,24+,25-,27-,28+,29+;21-,22-,23-,24-,25+,27+,28-,29-;17-,20-,21+,22+,23-,24+,26+,27-/m0100/s1. The van der Waals surface area contributed by atoms with Crippen LogP contribution in [0, 0.1) is 203 Å². The van der Waals surface area contributed by atoms with Crippen molar-refractivity contribution < 1.29 is 44.0 Å². The van der Waals surface area contributed by atoms with Gasteiger partial charge in [0.1, 0.15) is 5.82 Å². The van der Waals surface area contributed by atoms with E-state index in [0.29, 0.717) is 86.5 Å². The molecule has 0 spiro atoms. The smallest absolute Gasteiger partial charge is 0.166 e. The zero-order chi connectivity index (χ0) is 87.6. The fraction of sp³-hybridized carbons (Fsp3) is 0.754. The maximum Gasteiger partial charge on any atom is 0.166 e. The summed E-state index contributed by atoms with van der Waals surface area (Å²) < 4.78 is 14.0. The Kier molecular flexibility index (Phi) is 24.2. The molecule has 0 heterocycles. The van der Waals surface area contributed by atoms with E-state index in [1.165, 1.54) is 181 Å². The van der Waals surface area contributed by atoms with Crippen LogP contribution >= 0.6 is 0 Å². The first-order chi connectivity index (χ1) is 57.9. The lowest BCUT2D eigenvalue weighted by Gasteiger charge is -2.61. The van der Waals surface area contributed by atoms with E-state index in [2.05, 4.69) is 165 Å². The summed E-state index contributed by atoms with van der Waals surface area (Å²) in [4.78, 5) is 54.4. The Morgan fingerprint density at radius 2 is 0.634 bits per heavy atom. The van der Waals surface area contributed by atoms with Gasteiger partial charge in [0.25, 0.3) is 0 Å². The first-order valence-electron chi connectivity index (χ1n) is 51.0. The predicted octanol–water partition coefficient (Wildman–Crippen LogP) is 27.0. The molecule has 20 rings (SSSR count). The van der Waals surface area contributed by atoms with Gasteiger partial charge < -0.3 is 20.4 Å². The first kappa shape index (κ1) is 90.3. The quantitative estimate of drug-likeness (QED) is 0.121. The van der Waals surface area contributed by atoms with Crippen LogP contribution in [0.5, 0.6) is 0 Å². The van der Waals surface area contributed by atoms with E-state index >= 15 is 0 Å². The normalized spacial score (nSPS) is 46.4. The molecule has 16 aliphatic rings. The van der Waals surface area contributed by atoms with Crippen LogP contribution < -0.4 is 0 Å². The van der Waals surface area contributed by atoms with Gasteiger partial charge in [-0.1, -0.05) is 109 Å². The van der Waals surface area contributed by atoms with Crippen molar-refractivity contribution >= 4 is 23.1 Å². The van der Waals surface area contributed by atoms with Gasteiger partial charge in [-0.3, -0.25) is 19.2 Å². The summed E-state index contributed by atoms with van der Waals surface area (Å²) in [6, 6.07) is 25.9. The van der Waals surface area contributed by atoms with Crippen molar-refractivity contribution in [3.8, 4) is 0 Å². The summed E-state index contributed by atoms with van der Waals surface area (Å²) in [6.45, 7) is 38.1. The molecule has 0 aliphatic heterocycles. The number of benzene rings is 4. The third-order valence-electron chi connectivity index (χ3n) is 42.6. The lowest BCUT2D eigenvalue weighted by atomic mass is 9.44. The van der Waals surface area contributed by atoms with Crippen molar-refractivity contribution in [2.24, 2.45) is 162 Å². The topological polar surface area (TPSA) is 149 Å². The highest BCUT2D eigenvalue weighted by Gasteiger charge is 2.67. The highest BCUT2D eigenvalue weighted by molar-refractivity contribution is 6.01. The molecule has 4 N–H and O–H groups in total. The van der Waals surface area contributed by atoms with Crippen LogP contribution in [0.3, 0.4) is 0 Å². The second kappa shape index (κ2) is 33.0. The van der Waals surface area contributed by atoms with Crippen molar-refractivity contribution in [3.05, 3.63) is 140 Å². The average molecular weight is 1680 g/mol. The number of ketones is 4. The molecular weight excluding hydrogens is 1520 g/mol. The number of carbonyl (C=O) groups is 4. The van der Waals surface area contributed by atoms with E-state index < -0.39 is 22.4 Å². The van der Waals surface area contributed by atoms with Gasteiger partial charge in [0.15, 0.2) is 23.1 Å². The van der Waals surface area contributed by atoms with E-state index in [4.69, 9.17) is 0 Å². The van der Waals surface area contributed by atoms with Crippen molar-refractivity contribution in [3.63, 3.8) is 0 Å². The van der Waals surface area contributed by atoms with Crippen molar-refractivity contribution in [1.82, 2.24) is 0 Å². The number of hydrogen-bond acceptors (Lipinski definition) is 8. The molecule has 16 aliphatic carbocycles. The van der Waals surface area contributed by atoms with Gasteiger partial charge in [-0.15, -0.1) is 0 Å². The Bertz CT molecular complexity index is 4560. The molecular formula is C114H163FO8. The molecule has 0 bridgehead atoms. The van der Waals surface area contributed by atoms with Gasteiger partial charge in [-0.2, -0.15) is 0 Å². The molecule has 0 aromatic heterocycles. The van der Waals surface area contributed by atoms with Crippen LogP contribution in [0.2, 0.25) is 0 Å². The van der Waals surface area contributed by atoms with Crippen LogP contribution in [0.15, 0.2) is 78.9 Å². The lowest BCUT2D eigenvalue weighted by molar-refractivity contribution is -0.144. The number of aryl methyl sites for hydroxylation is 6. The van der Waals surface area contributed by atoms with Crippen molar-refractivity contribution in [2.75, 3.05) is 0 Å². The SMILES string of the molecule is CCc1ccc(C(=O)[C@H]2CC[C@H]3[C@@H]4CC[C@H]5C[C@](C)(O)CC[C@]5(C)[C@H]4CC[C@]23C)cc1.Cc1cc(C)cc(C(=O)[C@H]2CC[C@H]3[C@@H]4CC[C@H]5C[C@](C)(O)CC[C@]5(C)[C@H]4CC[C@]23C)c1.Cc1cc(F)cc(C(=O)[C@H]2CC[C@H]3[C@@H]4CC[C@H]5C[C@](C)(O)CC[C@@H]5[C@H]4CC[C@]23C)c1.Cc1ccc(C(=O)[C@H]2CC[C@H]3[C@@H]4CC[C@@H]5C[C@](C)(O)CC[C@]5(C)[C@H]4CC[C@]23C)cc1C. The number of aliphatic hydroxyl groups is 4. The predicted molar refractivity (Wildman–Crippen MR) is 495 cm³/mol. The molecule has 4 aromatic carbocycles. The fourth-order valence-corrected chi connectivity index (χ4v) is 35.7. The van der Waals surface area contributed by atoms with E-state index in [9.17, 15) is 44.0 Å². The molecule has 32 atom stereocenters. The van der Waals surface area contributed by atoms with Crippen LogP contribution in [0.25, 0.3) is 0 Å². The molecule has 123 heavy (non-hydrogen) atoms. The molecule has 16 saturated carbocycles. The maximum absolute atomic E-state index is 14.0. The average Bonchev–Trinajstić information content (AvgIpc) is 1.67. The summed E-state index contributed by atoms with van der Waals surface area (Å²) in [6.07, 6.45) is 42.6. The third kappa shape index (κ3) is 16.1. The summed E-state index contributed by atoms with van der Waals surface area (Å²) >= 11 is 0. The number of rotatable bonds is 9. The van der Waals surface area contributed by atoms with Gasteiger partial charge in [0.2, 0.25) is 0 Å². The van der Waals surface area contributed by atoms with Crippen LogP contribution in [0.1, 0.15) is 389 Å². The van der Waals surface area contributed by atoms with E-state index in [1.54, 1.807) is 0 Å². The van der Waals surface area contributed by atoms with Gasteiger partial charge in [0, 0.05) is 45.9 Å². The van der Waals surface area contributed by atoms with Gasteiger partial charge in [0.05, 0.1) is 22.4 Å². The molecule has 0 amide bonds. The fourth-order valence-electron chi connectivity index (χ4n) is 35.7. The van der Waals surface area contributed by atoms with Crippen molar-refractivity contribution in [2.45, 2.75) is 378 Å². The molecule has 0 unspecified atom stereocenters. The van der Waals surface area contributed by atoms with E-state index in [-0.39, 0.29) is 56.9 Å². The number of Topliss-reactive ketones (excluding diaryl/α,β-unsaturated/α-hetero) is 4. The maximum atomic E-state index is 14.0. The van der Waals surface area contributed by atoms with Gasteiger partial charge in [-0.05, 0) is 497 Å². The Balaban J connectivity index is 0.000000116. The highest BCUT2D eigenvalue weighted by Crippen LogP contribution is 2.73. The van der Waals surface area contributed by atoms with Crippen LogP contribution in [-0.4, -0.2) is 66.0 Å². The van der Waals surface area contributed by atoms with Crippen molar-refractivity contribution in [1.29, 1.82) is 0 Å². The molecule has 8 nitrogen and oxygen atoms in total. The summed E-state index contributed by atoms with van der Waals surface area (Å²) in [5.41, 5.74) is 10.3. The molecule has 0 saturated heterocycles. The highest BCUT2D eigenvalue weighted by atomic mass is 19.1. The molecule has 4 aromatic rings. The Labute approximate surface area is 742 Å². The van der Waals surface area contributed by atoms with Gasteiger partial charge >= 0.3 is 0 Å². The molecule has 0 radical (unpaired) electrons. The van der Waals surface area contributed by atoms with Crippen LogP contribution in [-0.2, 0) is 6.42 Å². The summed E-state index contributed by atoms with van der Waals surface area (Å²) in [7, 11) is 0. The summed E-state index contributed by atoms with van der Waals surface area (Å²) in [5, 5.41) is 42.7. The minimum absolute atomic E-state index is 0.0365. The number of halogens is 1. The number of carbonyl (C=O) groups excluding carboxylic acids is 4. The number of hydrogen-bond donors (Lipinski definition) is 4. The van der Waals surface area contributed by atoms with E-state index in [1.807, 2.05) is 19.9 Å². The minimum Gasteiger partial charge on any atom is -0.390 e.